The van der Waals surface area contributed by atoms with Crippen LogP contribution in [0, 0.1) is 13.8 Å². The third-order valence-electron chi connectivity index (χ3n) is 3.40. The Hall–Kier alpha value is -2.00. The summed E-state index contributed by atoms with van der Waals surface area (Å²) in [5.74, 6) is 0.602. The summed E-state index contributed by atoms with van der Waals surface area (Å²) in [5, 5.41) is 3.55. The molecule has 2 aromatic rings. The Labute approximate surface area is 136 Å². The van der Waals surface area contributed by atoms with Crippen molar-refractivity contribution >= 4 is 17.5 Å². The number of carbonyl (C=O) groups is 1. The Bertz CT molecular complexity index is 653. The highest BCUT2D eigenvalue weighted by Crippen LogP contribution is 2.20. The van der Waals surface area contributed by atoms with Gasteiger partial charge >= 0.3 is 0 Å². The first-order chi connectivity index (χ1) is 10.5. The molecule has 1 N–H and O–H groups in total. The van der Waals surface area contributed by atoms with Crippen molar-refractivity contribution in [3.63, 3.8) is 0 Å². The number of aryl methyl sites for hydroxylation is 2. The lowest BCUT2D eigenvalue weighted by Crippen LogP contribution is -2.36. The summed E-state index contributed by atoms with van der Waals surface area (Å²) in [5.41, 5.74) is 3.12. The largest absolute Gasteiger partial charge is 0.481 e. The molecule has 2 rings (SSSR count). The normalized spacial score (nSPS) is 11.8. The third-order valence-corrected chi connectivity index (χ3v) is 3.65. The van der Waals surface area contributed by atoms with Crippen molar-refractivity contribution in [3.05, 3.63) is 64.2 Å². The number of nitrogens with one attached hydrogen (secondary N) is 1. The SMILES string of the molecule is Cc1ccc(C)c(OC(C)C(=O)NCc2ccc(Cl)cc2)c1. The summed E-state index contributed by atoms with van der Waals surface area (Å²) in [6, 6.07) is 13.3. The van der Waals surface area contributed by atoms with Gasteiger partial charge in [0.2, 0.25) is 0 Å². The van der Waals surface area contributed by atoms with Crippen molar-refractivity contribution in [2.45, 2.75) is 33.4 Å². The lowest BCUT2D eigenvalue weighted by atomic mass is 10.1. The van der Waals surface area contributed by atoms with Crippen LogP contribution in [0.2, 0.25) is 5.02 Å². The minimum atomic E-state index is -0.548. The van der Waals surface area contributed by atoms with E-state index in [1.165, 1.54) is 0 Å². The number of rotatable bonds is 5. The zero-order valence-electron chi connectivity index (χ0n) is 13.0. The molecule has 0 aromatic heterocycles. The molecule has 0 saturated carbocycles. The number of amides is 1. The van der Waals surface area contributed by atoms with Crippen LogP contribution in [-0.4, -0.2) is 12.0 Å². The van der Waals surface area contributed by atoms with E-state index in [-0.39, 0.29) is 5.91 Å². The molecular formula is C18H20ClNO2. The number of hydrogen-bond donors (Lipinski definition) is 1. The Morgan fingerprint density at radius 2 is 1.86 bits per heavy atom. The first-order valence-electron chi connectivity index (χ1n) is 7.22. The van der Waals surface area contributed by atoms with Gasteiger partial charge in [-0.15, -0.1) is 0 Å². The molecule has 3 nitrogen and oxygen atoms in total. The van der Waals surface area contributed by atoms with Crippen LogP contribution >= 0.6 is 11.6 Å². The molecule has 0 aliphatic carbocycles. The van der Waals surface area contributed by atoms with Gasteiger partial charge in [-0.25, -0.2) is 0 Å². The monoisotopic (exact) mass is 317 g/mol. The van der Waals surface area contributed by atoms with E-state index >= 15 is 0 Å². The third kappa shape index (κ3) is 4.50. The van der Waals surface area contributed by atoms with Crippen molar-refractivity contribution in [2.75, 3.05) is 0 Å². The molecule has 1 unspecified atom stereocenters. The highest BCUT2D eigenvalue weighted by Gasteiger charge is 2.15. The number of benzene rings is 2. The molecule has 1 atom stereocenters. The molecule has 1 amide bonds. The molecule has 0 saturated heterocycles. The number of halogens is 1. The lowest BCUT2D eigenvalue weighted by Gasteiger charge is -2.16. The topological polar surface area (TPSA) is 38.3 Å². The van der Waals surface area contributed by atoms with Gasteiger partial charge in [0, 0.05) is 11.6 Å². The minimum Gasteiger partial charge on any atom is -0.481 e. The van der Waals surface area contributed by atoms with Gasteiger partial charge in [0.05, 0.1) is 0 Å². The maximum atomic E-state index is 12.1. The first-order valence-corrected chi connectivity index (χ1v) is 7.59. The number of hydrogen-bond acceptors (Lipinski definition) is 2. The molecule has 0 radical (unpaired) electrons. The predicted molar refractivity (Wildman–Crippen MR) is 89.3 cm³/mol. The van der Waals surface area contributed by atoms with E-state index in [0.29, 0.717) is 11.6 Å². The zero-order chi connectivity index (χ0) is 16.1. The van der Waals surface area contributed by atoms with Crippen LogP contribution in [0.15, 0.2) is 42.5 Å². The molecule has 0 aliphatic heterocycles. The summed E-state index contributed by atoms with van der Waals surface area (Å²) >= 11 is 5.84. The fourth-order valence-corrected chi connectivity index (χ4v) is 2.14. The zero-order valence-corrected chi connectivity index (χ0v) is 13.8. The molecular weight excluding hydrogens is 298 g/mol. The molecule has 4 heteroatoms. The van der Waals surface area contributed by atoms with Gasteiger partial charge in [0.1, 0.15) is 5.75 Å². The van der Waals surface area contributed by atoms with Crippen LogP contribution < -0.4 is 10.1 Å². The minimum absolute atomic E-state index is 0.143. The van der Waals surface area contributed by atoms with Crippen molar-refractivity contribution in [1.82, 2.24) is 5.32 Å². The maximum Gasteiger partial charge on any atom is 0.261 e. The van der Waals surface area contributed by atoms with Crippen LogP contribution in [0.25, 0.3) is 0 Å². The molecule has 0 aliphatic rings. The van der Waals surface area contributed by atoms with E-state index in [1.807, 2.05) is 44.2 Å². The second-order valence-electron chi connectivity index (χ2n) is 5.37. The van der Waals surface area contributed by atoms with Gasteiger partial charge in [-0.2, -0.15) is 0 Å². The van der Waals surface area contributed by atoms with E-state index in [4.69, 9.17) is 16.3 Å². The smallest absolute Gasteiger partial charge is 0.261 e. The van der Waals surface area contributed by atoms with Gasteiger partial charge in [0.15, 0.2) is 6.10 Å². The maximum absolute atomic E-state index is 12.1. The summed E-state index contributed by atoms with van der Waals surface area (Å²) in [6.45, 7) is 6.17. The van der Waals surface area contributed by atoms with Crippen LogP contribution in [-0.2, 0) is 11.3 Å². The molecule has 0 fully saturated rings. The van der Waals surface area contributed by atoms with Gasteiger partial charge in [-0.1, -0.05) is 35.9 Å². The van der Waals surface area contributed by atoms with Gasteiger partial charge < -0.3 is 10.1 Å². The number of carbonyl (C=O) groups excluding carboxylic acids is 1. The second kappa shape index (κ2) is 7.32. The molecule has 22 heavy (non-hydrogen) atoms. The fraction of sp³-hybridized carbons (Fsp3) is 0.278. The Morgan fingerprint density at radius 3 is 2.55 bits per heavy atom. The molecule has 0 spiro atoms. The van der Waals surface area contributed by atoms with Crippen LogP contribution in [0.1, 0.15) is 23.6 Å². The van der Waals surface area contributed by atoms with E-state index in [0.717, 1.165) is 22.4 Å². The van der Waals surface area contributed by atoms with E-state index < -0.39 is 6.10 Å². The standard InChI is InChI=1S/C18H20ClNO2/c1-12-4-5-13(2)17(10-12)22-14(3)18(21)20-11-15-6-8-16(19)9-7-15/h4-10,14H,11H2,1-3H3,(H,20,21). The van der Waals surface area contributed by atoms with Crippen molar-refractivity contribution in [2.24, 2.45) is 0 Å². The average molecular weight is 318 g/mol. The van der Waals surface area contributed by atoms with Crippen molar-refractivity contribution in [3.8, 4) is 5.75 Å². The summed E-state index contributed by atoms with van der Waals surface area (Å²) in [4.78, 5) is 12.1. The Kier molecular flexibility index (Phi) is 5.45. The summed E-state index contributed by atoms with van der Waals surface area (Å²) < 4.78 is 5.76. The van der Waals surface area contributed by atoms with Crippen molar-refractivity contribution in [1.29, 1.82) is 0 Å². The second-order valence-corrected chi connectivity index (χ2v) is 5.81. The quantitative estimate of drug-likeness (QED) is 0.903. The van der Waals surface area contributed by atoms with Crippen LogP contribution in [0.5, 0.6) is 5.75 Å². The number of ether oxygens (including phenoxy) is 1. The van der Waals surface area contributed by atoms with E-state index in [1.54, 1.807) is 19.1 Å². The van der Waals surface area contributed by atoms with Gasteiger partial charge in [0.25, 0.3) is 5.91 Å². The molecule has 2 aromatic carbocycles. The molecule has 116 valence electrons. The van der Waals surface area contributed by atoms with Crippen LogP contribution in [0.4, 0.5) is 0 Å². The van der Waals surface area contributed by atoms with Crippen LogP contribution in [0.3, 0.4) is 0 Å². The van der Waals surface area contributed by atoms with Crippen molar-refractivity contribution < 1.29 is 9.53 Å². The molecule has 0 bridgehead atoms. The first kappa shape index (κ1) is 16.4. The molecule has 0 heterocycles. The highest BCUT2D eigenvalue weighted by atomic mass is 35.5. The van der Waals surface area contributed by atoms with E-state index in [9.17, 15) is 4.79 Å². The lowest BCUT2D eigenvalue weighted by molar-refractivity contribution is -0.127. The highest BCUT2D eigenvalue weighted by molar-refractivity contribution is 6.30. The average Bonchev–Trinajstić information content (AvgIpc) is 2.50. The summed E-state index contributed by atoms with van der Waals surface area (Å²) in [7, 11) is 0. The fourth-order valence-electron chi connectivity index (χ4n) is 2.01. The Morgan fingerprint density at radius 1 is 1.18 bits per heavy atom. The van der Waals surface area contributed by atoms with Gasteiger partial charge in [-0.3, -0.25) is 4.79 Å². The van der Waals surface area contributed by atoms with E-state index in [2.05, 4.69) is 5.32 Å². The van der Waals surface area contributed by atoms with Gasteiger partial charge in [-0.05, 0) is 55.7 Å². The Balaban J connectivity index is 1.91. The predicted octanol–water partition coefficient (Wildman–Crippen LogP) is 4.04. The summed E-state index contributed by atoms with van der Waals surface area (Å²) in [6.07, 6.45) is -0.548.